The molecule has 0 spiro atoms. The molecule has 2 atom stereocenters. The molecule has 2 amide bonds. The van der Waals surface area contributed by atoms with E-state index in [1.54, 1.807) is 19.2 Å². The van der Waals surface area contributed by atoms with E-state index in [2.05, 4.69) is 10.6 Å². The van der Waals surface area contributed by atoms with E-state index >= 15 is 0 Å². The molecule has 5 nitrogen and oxygen atoms in total. The Morgan fingerprint density at radius 2 is 2.09 bits per heavy atom. The molecule has 0 radical (unpaired) electrons. The predicted molar refractivity (Wildman–Crippen MR) is 93.5 cm³/mol. The first-order valence-corrected chi connectivity index (χ1v) is 7.81. The first-order valence-electron chi connectivity index (χ1n) is 7.81. The third-order valence-corrected chi connectivity index (χ3v) is 4.45. The van der Waals surface area contributed by atoms with E-state index in [-0.39, 0.29) is 30.1 Å². The molecule has 23 heavy (non-hydrogen) atoms. The van der Waals surface area contributed by atoms with Gasteiger partial charge in [0.05, 0.1) is 5.92 Å². The minimum atomic E-state index is -0.424. The monoisotopic (exact) mass is 339 g/mol. The summed E-state index contributed by atoms with van der Waals surface area (Å²) in [5, 5.41) is 5.55. The lowest BCUT2D eigenvalue weighted by Gasteiger charge is -2.37. The quantitative estimate of drug-likeness (QED) is 0.784. The first-order chi connectivity index (χ1) is 10.4. The number of carbonyl (C=O) groups excluding carboxylic acids is 2. The van der Waals surface area contributed by atoms with Gasteiger partial charge in [0.15, 0.2) is 0 Å². The smallest absolute Gasteiger partial charge is 0.251 e. The van der Waals surface area contributed by atoms with E-state index in [1.165, 1.54) is 0 Å². The Morgan fingerprint density at radius 3 is 2.74 bits per heavy atom. The highest BCUT2D eigenvalue weighted by atomic mass is 35.5. The SMILES string of the molecule is CNC(=O)c1cccc(CNC(=O)C2CCCCC2(C)N)c1.Cl. The van der Waals surface area contributed by atoms with Crippen molar-refractivity contribution in [3.8, 4) is 0 Å². The van der Waals surface area contributed by atoms with Gasteiger partial charge in [0.1, 0.15) is 0 Å². The Bertz CT molecular complexity index is 561. The largest absolute Gasteiger partial charge is 0.355 e. The van der Waals surface area contributed by atoms with Crippen LogP contribution in [0.2, 0.25) is 0 Å². The Kier molecular flexibility index (Phi) is 7.03. The number of rotatable bonds is 4. The number of amides is 2. The molecule has 1 aliphatic rings. The van der Waals surface area contributed by atoms with Crippen molar-refractivity contribution in [1.82, 2.24) is 10.6 Å². The number of nitrogens with two attached hydrogens (primary N) is 1. The fourth-order valence-electron chi connectivity index (χ4n) is 3.07. The van der Waals surface area contributed by atoms with Gasteiger partial charge in [-0.2, -0.15) is 0 Å². The van der Waals surface area contributed by atoms with Gasteiger partial charge in [0.25, 0.3) is 5.91 Å². The van der Waals surface area contributed by atoms with Crippen LogP contribution in [0.4, 0.5) is 0 Å². The summed E-state index contributed by atoms with van der Waals surface area (Å²) in [6.45, 7) is 2.37. The van der Waals surface area contributed by atoms with E-state index < -0.39 is 5.54 Å². The highest BCUT2D eigenvalue weighted by Gasteiger charge is 2.37. The van der Waals surface area contributed by atoms with Crippen molar-refractivity contribution < 1.29 is 9.59 Å². The van der Waals surface area contributed by atoms with Crippen LogP contribution in [-0.4, -0.2) is 24.4 Å². The summed E-state index contributed by atoms with van der Waals surface area (Å²) in [5.41, 5.74) is 7.34. The molecule has 1 saturated carbocycles. The number of benzene rings is 1. The molecule has 0 aliphatic heterocycles. The fraction of sp³-hybridized carbons (Fsp3) is 0.529. The summed E-state index contributed by atoms with van der Waals surface area (Å²) in [6, 6.07) is 7.26. The molecule has 6 heteroatoms. The number of nitrogens with one attached hydrogen (secondary N) is 2. The van der Waals surface area contributed by atoms with Crippen molar-refractivity contribution in [2.24, 2.45) is 11.7 Å². The Hall–Kier alpha value is -1.59. The zero-order chi connectivity index (χ0) is 16.2. The van der Waals surface area contributed by atoms with Gasteiger partial charge < -0.3 is 16.4 Å². The molecule has 0 bridgehead atoms. The maximum absolute atomic E-state index is 12.4. The van der Waals surface area contributed by atoms with Gasteiger partial charge in [0.2, 0.25) is 5.91 Å². The van der Waals surface area contributed by atoms with Crippen LogP contribution in [-0.2, 0) is 11.3 Å². The molecule has 0 heterocycles. The first kappa shape index (κ1) is 19.5. The van der Waals surface area contributed by atoms with Crippen LogP contribution in [0.15, 0.2) is 24.3 Å². The topological polar surface area (TPSA) is 84.2 Å². The molecule has 1 aromatic carbocycles. The number of hydrogen-bond acceptors (Lipinski definition) is 3. The van der Waals surface area contributed by atoms with Gasteiger partial charge in [-0.1, -0.05) is 25.0 Å². The van der Waals surface area contributed by atoms with E-state index in [9.17, 15) is 9.59 Å². The van der Waals surface area contributed by atoms with Gasteiger partial charge in [-0.3, -0.25) is 9.59 Å². The van der Waals surface area contributed by atoms with Gasteiger partial charge in [0, 0.05) is 24.7 Å². The standard InChI is InChI=1S/C17H25N3O2.ClH/c1-17(18)9-4-3-8-14(17)16(22)20-11-12-6-5-7-13(10-12)15(21)19-2;/h5-7,10,14H,3-4,8-9,11,18H2,1-2H3,(H,19,21)(H,20,22);1H. The van der Waals surface area contributed by atoms with Crippen LogP contribution < -0.4 is 16.4 Å². The zero-order valence-electron chi connectivity index (χ0n) is 13.7. The average molecular weight is 340 g/mol. The van der Waals surface area contributed by atoms with Crippen molar-refractivity contribution in [2.45, 2.75) is 44.7 Å². The van der Waals surface area contributed by atoms with Crippen molar-refractivity contribution in [3.63, 3.8) is 0 Å². The average Bonchev–Trinajstić information content (AvgIpc) is 2.51. The zero-order valence-corrected chi connectivity index (χ0v) is 14.5. The summed E-state index contributed by atoms with van der Waals surface area (Å²) < 4.78 is 0. The van der Waals surface area contributed by atoms with Crippen LogP contribution in [0, 0.1) is 5.92 Å². The Balaban J connectivity index is 0.00000264. The van der Waals surface area contributed by atoms with Crippen LogP contribution >= 0.6 is 12.4 Å². The van der Waals surface area contributed by atoms with E-state index in [0.29, 0.717) is 12.1 Å². The minimum absolute atomic E-state index is 0. The third kappa shape index (κ3) is 4.94. The molecular weight excluding hydrogens is 314 g/mol. The molecule has 2 unspecified atom stereocenters. The minimum Gasteiger partial charge on any atom is -0.355 e. The Labute approximate surface area is 143 Å². The summed E-state index contributed by atoms with van der Waals surface area (Å²) in [5.74, 6) is -0.256. The van der Waals surface area contributed by atoms with Crippen molar-refractivity contribution in [2.75, 3.05) is 7.05 Å². The molecule has 2 rings (SSSR count). The number of carbonyl (C=O) groups is 2. The molecule has 1 aliphatic carbocycles. The lowest BCUT2D eigenvalue weighted by molar-refractivity contribution is -0.128. The van der Waals surface area contributed by atoms with Crippen molar-refractivity contribution >= 4 is 24.2 Å². The number of halogens is 1. The van der Waals surface area contributed by atoms with Crippen molar-refractivity contribution in [1.29, 1.82) is 0 Å². The summed E-state index contributed by atoms with van der Waals surface area (Å²) in [6.07, 6.45) is 3.87. The lowest BCUT2D eigenvalue weighted by Crippen LogP contribution is -2.52. The molecule has 1 aromatic rings. The molecule has 1 fully saturated rings. The highest BCUT2D eigenvalue weighted by molar-refractivity contribution is 5.94. The van der Waals surface area contributed by atoms with Crippen LogP contribution in [0.5, 0.6) is 0 Å². The van der Waals surface area contributed by atoms with Gasteiger partial charge >= 0.3 is 0 Å². The second-order valence-electron chi connectivity index (χ2n) is 6.30. The Morgan fingerprint density at radius 1 is 1.35 bits per heavy atom. The number of hydrogen-bond donors (Lipinski definition) is 3. The molecule has 128 valence electrons. The van der Waals surface area contributed by atoms with Gasteiger partial charge in [-0.25, -0.2) is 0 Å². The second-order valence-corrected chi connectivity index (χ2v) is 6.30. The molecule has 0 saturated heterocycles. The maximum atomic E-state index is 12.4. The predicted octanol–water partition coefficient (Wildman–Crippen LogP) is 1.99. The van der Waals surface area contributed by atoms with E-state index in [0.717, 1.165) is 31.2 Å². The maximum Gasteiger partial charge on any atom is 0.251 e. The highest BCUT2D eigenvalue weighted by Crippen LogP contribution is 2.31. The van der Waals surface area contributed by atoms with Crippen LogP contribution in [0.1, 0.15) is 48.5 Å². The van der Waals surface area contributed by atoms with Gasteiger partial charge in [-0.05, 0) is 37.5 Å². The normalized spacial score (nSPS) is 23.5. The molecular formula is C17H26ClN3O2. The van der Waals surface area contributed by atoms with Gasteiger partial charge in [-0.15, -0.1) is 12.4 Å². The van der Waals surface area contributed by atoms with E-state index in [4.69, 9.17) is 5.73 Å². The molecule has 4 N–H and O–H groups in total. The fourth-order valence-corrected chi connectivity index (χ4v) is 3.07. The van der Waals surface area contributed by atoms with Crippen LogP contribution in [0.3, 0.4) is 0 Å². The third-order valence-electron chi connectivity index (χ3n) is 4.45. The van der Waals surface area contributed by atoms with Crippen molar-refractivity contribution in [3.05, 3.63) is 35.4 Å². The summed E-state index contributed by atoms with van der Waals surface area (Å²) in [4.78, 5) is 24.0. The van der Waals surface area contributed by atoms with Crippen LogP contribution in [0.25, 0.3) is 0 Å². The summed E-state index contributed by atoms with van der Waals surface area (Å²) >= 11 is 0. The van der Waals surface area contributed by atoms with E-state index in [1.807, 2.05) is 19.1 Å². The molecule has 0 aromatic heterocycles. The second kappa shape index (κ2) is 8.31. The lowest BCUT2D eigenvalue weighted by atomic mass is 9.74. The summed E-state index contributed by atoms with van der Waals surface area (Å²) in [7, 11) is 1.60.